The van der Waals surface area contributed by atoms with Crippen molar-refractivity contribution in [3.05, 3.63) is 65.7 Å². The molecule has 2 fully saturated rings. The maximum absolute atomic E-state index is 13.3. The van der Waals surface area contributed by atoms with Crippen molar-refractivity contribution in [1.29, 1.82) is 0 Å². The quantitative estimate of drug-likeness (QED) is 0.167. The Morgan fingerprint density at radius 2 is 1.47 bits per heavy atom. The van der Waals surface area contributed by atoms with Crippen LogP contribution in [0.3, 0.4) is 0 Å². The first-order valence-electron chi connectivity index (χ1n) is 17.3. The minimum atomic E-state index is 0.0819. The average molecular weight is 611 g/mol. The van der Waals surface area contributed by atoms with Gasteiger partial charge in [0.1, 0.15) is 0 Å². The van der Waals surface area contributed by atoms with E-state index in [2.05, 4.69) is 45.1 Å². The van der Waals surface area contributed by atoms with Crippen molar-refractivity contribution in [2.75, 3.05) is 53.0 Å². The number of hydrogen-bond donors (Lipinski definition) is 0. The van der Waals surface area contributed by atoms with Crippen molar-refractivity contribution in [3.8, 4) is 11.5 Å². The standard InChI is InChI=1S/C38H50N4O3/c1-44-36-26-32-25-35-34(38(43)42-18-13-16-33(42)28-39-35)24-31(32)27-37(36)45-23-12-7-5-3-2-4-6-11-17-40-19-21-41(22-20-40)29-30-14-9-8-10-15-30/h8-10,14-15,24-28,33H,2-7,11-13,16-23,29H2,1H3/t33-/m0/s1. The normalized spacial score (nSPS) is 18.6. The molecular formula is C38H50N4O3. The lowest BCUT2D eigenvalue weighted by Crippen LogP contribution is -2.46. The molecule has 1 amide bonds. The fourth-order valence-corrected chi connectivity index (χ4v) is 7.06. The molecule has 2 saturated heterocycles. The minimum absolute atomic E-state index is 0.0819. The Morgan fingerprint density at radius 3 is 2.24 bits per heavy atom. The minimum Gasteiger partial charge on any atom is -0.493 e. The van der Waals surface area contributed by atoms with E-state index in [9.17, 15) is 4.79 Å². The second-order valence-corrected chi connectivity index (χ2v) is 13.0. The number of aliphatic imine (C=N–C) groups is 1. The van der Waals surface area contributed by atoms with E-state index in [1.165, 1.54) is 83.2 Å². The van der Waals surface area contributed by atoms with E-state index in [-0.39, 0.29) is 11.9 Å². The predicted octanol–water partition coefficient (Wildman–Crippen LogP) is 7.49. The van der Waals surface area contributed by atoms with Gasteiger partial charge in [-0.05, 0) is 72.8 Å². The van der Waals surface area contributed by atoms with Gasteiger partial charge in [-0.15, -0.1) is 0 Å². The van der Waals surface area contributed by atoms with Crippen LogP contribution in [0.5, 0.6) is 11.5 Å². The smallest absolute Gasteiger partial charge is 0.256 e. The molecule has 0 unspecified atom stereocenters. The van der Waals surface area contributed by atoms with Crippen LogP contribution in [0.25, 0.3) is 10.8 Å². The molecular weight excluding hydrogens is 560 g/mol. The second kappa shape index (κ2) is 15.7. The molecule has 3 aromatic carbocycles. The highest BCUT2D eigenvalue weighted by Crippen LogP contribution is 2.37. The van der Waals surface area contributed by atoms with Gasteiger partial charge in [-0.2, -0.15) is 0 Å². The zero-order valence-corrected chi connectivity index (χ0v) is 27.1. The van der Waals surface area contributed by atoms with Gasteiger partial charge in [0, 0.05) is 45.5 Å². The topological polar surface area (TPSA) is 57.6 Å². The molecule has 3 heterocycles. The Morgan fingerprint density at radius 1 is 0.778 bits per heavy atom. The van der Waals surface area contributed by atoms with E-state index in [1.807, 2.05) is 35.4 Å². The van der Waals surface area contributed by atoms with Gasteiger partial charge in [0.15, 0.2) is 11.5 Å². The SMILES string of the molecule is COc1cc2cc3c(cc2cc1OCCCCCCCCCCN1CCN(Cc2ccccc2)CC1)C(=O)N1CCC[C@H]1C=N3. The summed E-state index contributed by atoms with van der Waals surface area (Å²) >= 11 is 0. The lowest BCUT2D eigenvalue weighted by Gasteiger charge is -2.34. The van der Waals surface area contributed by atoms with Gasteiger partial charge in [-0.25, -0.2) is 0 Å². The maximum Gasteiger partial charge on any atom is 0.256 e. The van der Waals surface area contributed by atoms with Crippen LogP contribution in [-0.2, 0) is 6.54 Å². The van der Waals surface area contributed by atoms with Crippen molar-refractivity contribution in [2.24, 2.45) is 4.99 Å². The fraction of sp³-hybridized carbons (Fsp3) is 0.526. The van der Waals surface area contributed by atoms with Gasteiger partial charge < -0.3 is 19.3 Å². The molecule has 3 aliphatic heterocycles. The number of rotatable bonds is 15. The zero-order chi connectivity index (χ0) is 30.8. The lowest BCUT2D eigenvalue weighted by molar-refractivity contribution is 0.0775. The maximum atomic E-state index is 13.3. The summed E-state index contributed by atoms with van der Waals surface area (Å²) in [6, 6.07) is 19.0. The number of amides is 1. The molecule has 7 heteroatoms. The number of unbranched alkanes of at least 4 members (excludes halogenated alkanes) is 7. The van der Waals surface area contributed by atoms with Crippen molar-refractivity contribution >= 4 is 28.6 Å². The lowest BCUT2D eigenvalue weighted by atomic mass is 10.0. The van der Waals surface area contributed by atoms with E-state index >= 15 is 0 Å². The molecule has 45 heavy (non-hydrogen) atoms. The molecule has 240 valence electrons. The van der Waals surface area contributed by atoms with Crippen LogP contribution >= 0.6 is 0 Å². The molecule has 7 nitrogen and oxygen atoms in total. The molecule has 1 atom stereocenters. The van der Waals surface area contributed by atoms with Crippen LogP contribution in [0.1, 0.15) is 80.1 Å². The number of carbonyl (C=O) groups is 1. The number of ether oxygens (including phenoxy) is 2. The highest BCUT2D eigenvalue weighted by Gasteiger charge is 2.32. The van der Waals surface area contributed by atoms with Gasteiger partial charge in [-0.1, -0.05) is 68.9 Å². The number of fused-ring (bicyclic) bond motifs is 3. The number of benzene rings is 3. The van der Waals surface area contributed by atoms with Gasteiger partial charge >= 0.3 is 0 Å². The Balaban J connectivity index is 0.850. The van der Waals surface area contributed by atoms with Gasteiger partial charge in [0.25, 0.3) is 5.91 Å². The summed E-state index contributed by atoms with van der Waals surface area (Å²) in [5.74, 6) is 1.55. The Labute approximate surface area is 269 Å². The first-order chi connectivity index (χ1) is 22.2. The van der Waals surface area contributed by atoms with E-state index in [4.69, 9.17) is 9.47 Å². The van der Waals surface area contributed by atoms with Gasteiger partial charge in [0.2, 0.25) is 0 Å². The van der Waals surface area contributed by atoms with Crippen molar-refractivity contribution in [3.63, 3.8) is 0 Å². The first-order valence-corrected chi connectivity index (χ1v) is 17.3. The molecule has 0 N–H and O–H groups in total. The number of methoxy groups -OCH3 is 1. The molecule has 0 bridgehead atoms. The van der Waals surface area contributed by atoms with E-state index < -0.39 is 0 Å². The van der Waals surface area contributed by atoms with Gasteiger partial charge in [-0.3, -0.25) is 14.7 Å². The molecule has 0 aromatic heterocycles. The molecule has 3 aromatic rings. The number of hydrogen-bond acceptors (Lipinski definition) is 6. The van der Waals surface area contributed by atoms with Gasteiger partial charge in [0.05, 0.1) is 31.0 Å². The zero-order valence-electron chi connectivity index (χ0n) is 27.1. The summed E-state index contributed by atoms with van der Waals surface area (Å²) in [5, 5.41) is 1.99. The van der Waals surface area contributed by atoms with E-state index in [0.29, 0.717) is 12.2 Å². The third kappa shape index (κ3) is 8.25. The molecule has 0 radical (unpaired) electrons. The highest BCUT2D eigenvalue weighted by molar-refractivity contribution is 6.07. The highest BCUT2D eigenvalue weighted by atomic mass is 16.5. The summed E-state index contributed by atoms with van der Waals surface area (Å²) in [5.41, 5.74) is 2.84. The second-order valence-electron chi connectivity index (χ2n) is 13.0. The van der Waals surface area contributed by atoms with Crippen LogP contribution in [0, 0.1) is 0 Å². The Kier molecular flexibility index (Phi) is 11.0. The summed E-state index contributed by atoms with van der Waals surface area (Å²) < 4.78 is 11.9. The molecule has 0 aliphatic carbocycles. The number of piperazine rings is 1. The first kappa shape index (κ1) is 31.6. The monoisotopic (exact) mass is 610 g/mol. The van der Waals surface area contributed by atoms with E-state index in [1.54, 1.807) is 7.11 Å². The Hall–Kier alpha value is -3.42. The van der Waals surface area contributed by atoms with Crippen molar-refractivity contribution in [1.82, 2.24) is 14.7 Å². The van der Waals surface area contributed by atoms with Crippen LogP contribution in [0.4, 0.5) is 5.69 Å². The van der Waals surface area contributed by atoms with Crippen LogP contribution in [0.2, 0.25) is 0 Å². The largest absolute Gasteiger partial charge is 0.493 e. The van der Waals surface area contributed by atoms with Crippen molar-refractivity contribution < 1.29 is 14.3 Å². The molecule has 0 saturated carbocycles. The molecule has 3 aliphatic rings. The summed E-state index contributed by atoms with van der Waals surface area (Å²) in [7, 11) is 1.68. The molecule has 0 spiro atoms. The summed E-state index contributed by atoms with van der Waals surface area (Å²) in [6.07, 6.45) is 14.1. The van der Waals surface area contributed by atoms with E-state index in [0.717, 1.165) is 60.3 Å². The summed E-state index contributed by atoms with van der Waals surface area (Å²) in [6.45, 7) is 8.58. The average Bonchev–Trinajstić information content (AvgIpc) is 3.50. The predicted molar refractivity (Wildman–Crippen MR) is 183 cm³/mol. The Bertz CT molecular complexity index is 1430. The van der Waals surface area contributed by atoms with Crippen LogP contribution in [0.15, 0.2) is 59.6 Å². The van der Waals surface area contributed by atoms with Crippen LogP contribution < -0.4 is 9.47 Å². The molecule has 6 rings (SSSR count). The third-order valence-corrected chi connectivity index (χ3v) is 9.75. The van der Waals surface area contributed by atoms with Crippen molar-refractivity contribution in [2.45, 2.75) is 76.8 Å². The third-order valence-electron chi connectivity index (χ3n) is 9.75. The van der Waals surface area contributed by atoms with Crippen LogP contribution in [-0.4, -0.2) is 85.8 Å². The fourth-order valence-electron chi connectivity index (χ4n) is 7.06. The number of carbonyl (C=O) groups excluding carboxylic acids is 1. The number of nitrogens with zero attached hydrogens (tertiary/aromatic N) is 4. The summed E-state index contributed by atoms with van der Waals surface area (Å²) in [4.78, 5) is 25.1.